The van der Waals surface area contributed by atoms with Crippen LogP contribution >= 0.6 is 27.5 Å². The first kappa shape index (κ1) is 15.7. The van der Waals surface area contributed by atoms with Crippen molar-refractivity contribution >= 4 is 27.5 Å². The average molecular weight is 367 g/mol. The van der Waals surface area contributed by atoms with E-state index < -0.39 is 0 Å². The standard InChI is InChI=1S/C16H13BrClNO2/c1-20-15-4-3-12(6-13(15)9-19)10-21-16-5-2-11(8-17)7-14(16)18/h2-7H,8,10H2,1H3. The first-order chi connectivity index (χ1) is 10.2. The van der Waals surface area contributed by atoms with Crippen LogP contribution in [0, 0.1) is 11.3 Å². The van der Waals surface area contributed by atoms with Gasteiger partial charge in [0.15, 0.2) is 0 Å². The molecule has 0 N–H and O–H groups in total. The Labute approximate surface area is 137 Å². The maximum absolute atomic E-state index is 9.06. The summed E-state index contributed by atoms with van der Waals surface area (Å²) in [6.45, 7) is 0.339. The van der Waals surface area contributed by atoms with Gasteiger partial charge >= 0.3 is 0 Å². The van der Waals surface area contributed by atoms with Crippen LogP contribution in [0.15, 0.2) is 36.4 Å². The number of rotatable bonds is 5. The molecule has 0 saturated carbocycles. The molecule has 0 unspecified atom stereocenters. The Kier molecular flexibility index (Phi) is 5.49. The van der Waals surface area contributed by atoms with Crippen molar-refractivity contribution < 1.29 is 9.47 Å². The third-order valence-corrected chi connectivity index (χ3v) is 3.87. The number of methoxy groups -OCH3 is 1. The molecule has 2 aromatic rings. The fourth-order valence-electron chi connectivity index (χ4n) is 1.84. The molecule has 2 aromatic carbocycles. The fourth-order valence-corrected chi connectivity index (χ4v) is 2.44. The Bertz CT molecular complexity index is 682. The summed E-state index contributed by atoms with van der Waals surface area (Å²) >= 11 is 9.54. The number of hydrogen-bond acceptors (Lipinski definition) is 3. The molecule has 0 atom stereocenters. The van der Waals surface area contributed by atoms with Gasteiger partial charge in [0, 0.05) is 5.33 Å². The summed E-state index contributed by atoms with van der Waals surface area (Å²) < 4.78 is 10.8. The number of alkyl halides is 1. The summed E-state index contributed by atoms with van der Waals surface area (Å²) in [5.41, 5.74) is 2.45. The Hall–Kier alpha value is -1.70. The minimum Gasteiger partial charge on any atom is -0.495 e. The Morgan fingerprint density at radius 1 is 1.14 bits per heavy atom. The van der Waals surface area contributed by atoms with Gasteiger partial charge in [0.1, 0.15) is 24.2 Å². The van der Waals surface area contributed by atoms with Gasteiger partial charge in [0.2, 0.25) is 0 Å². The normalized spacial score (nSPS) is 10.0. The molecular weight excluding hydrogens is 354 g/mol. The lowest BCUT2D eigenvalue weighted by Crippen LogP contribution is -1.98. The van der Waals surface area contributed by atoms with Gasteiger partial charge in [-0.05, 0) is 35.4 Å². The van der Waals surface area contributed by atoms with E-state index in [0.717, 1.165) is 16.5 Å². The van der Waals surface area contributed by atoms with Gasteiger partial charge in [0.05, 0.1) is 17.7 Å². The van der Waals surface area contributed by atoms with Crippen molar-refractivity contribution in [2.45, 2.75) is 11.9 Å². The first-order valence-corrected chi connectivity index (χ1v) is 7.72. The van der Waals surface area contributed by atoms with Crippen molar-refractivity contribution in [2.24, 2.45) is 0 Å². The molecule has 0 aliphatic carbocycles. The summed E-state index contributed by atoms with van der Waals surface area (Å²) in [6, 6.07) is 13.1. The molecule has 0 fully saturated rings. The lowest BCUT2D eigenvalue weighted by Gasteiger charge is -2.10. The van der Waals surface area contributed by atoms with Gasteiger partial charge in [0.25, 0.3) is 0 Å². The van der Waals surface area contributed by atoms with Crippen molar-refractivity contribution in [2.75, 3.05) is 7.11 Å². The van der Waals surface area contributed by atoms with E-state index in [9.17, 15) is 0 Å². The molecule has 0 aliphatic rings. The van der Waals surface area contributed by atoms with E-state index in [1.54, 1.807) is 12.1 Å². The third kappa shape index (κ3) is 3.90. The molecule has 0 aromatic heterocycles. The molecule has 5 heteroatoms. The van der Waals surface area contributed by atoms with E-state index in [0.29, 0.717) is 28.7 Å². The molecular formula is C16H13BrClNO2. The van der Waals surface area contributed by atoms with Crippen LogP contribution in [0.3, 0.4) is 0 Å². The first-order valence-electron chi connectivity index (χ1n) is 6.22. The maximum atomic E-state index is 9.06. The number of hydrogen-bond donors (Lipinski definition) is 0. The van der Waals surface area contributed by atoms with E-state index in [-0.39, 0.29) is 0 Å². The highest BCUT2D eigenvalue weighted by molar-refractivity contribution is 9.08. The van der Waals surface area contributed by atoms with Crippen LogP contribution < -0.4 is 9.47 Å². The highest BCUT2D eigenvalue weighted by Gasteiger charge is 2.06. The zero-order valence-corrected chi connectivity index (χ0v) is 13.7. The summed E-state index contributed by atoms with van der Waals surface area (Å²) in [6.07, 6.45) is 0. The van der Waals surface area contributed by atoms with Crippen molar-refractivity contribution in [3.8, 4) is 17.6 Å². The van der Waals surface area contributed by atoms with Crippen molar-refractivity contribution in [3.63, 3.8) is 0 Å². The minimum absolute atomic E-state index is 0.339. The summed E-state index contributed by atoms with van der Waals surface area (Å²) in [5.74, 6) is 1.18. The molecule has 2 rings (SSSR count). The maximum Gasteiger partial charge on any atom is 0.138 e. The minimum atomic E-state index is 0.339. The molecule has 0 amide bonds. The fraction of sp³-hybridized carbons (Fsp3) is 0.188. The number of ether oxygens (including phenoxy) is 2. The molecule has 0 radical (unpaired) electrons. The summed E-state index contributed by atoms with van der Waals surface area (Å²) in [7, 11) is 1.54. The Balaban J connectivity index is 2.11. The third-order valence-electron chi connectivity index (χ3n) is 2.93. The van der Waals surface area contributed by atoms with E-state index in [1.165, 1.54) is 7.11 Å². The van der Waals surface area contributed by atoms with Crippen molar-refractivity contribution in [3.05, 3.63) is 58.1 Å². The van der Waals surface area contributed by atoms with E-state index in [1.807, 2.05) is 24.3 Å². The van der Waals surface area contributed by atoms with Gasteiger partial charge < -0.3 is 9.47 Å². The number of halogens is 2. The van der Waals surface area contributed by atoms with Crippen LogP contribution in [-0.2, 0) is 11.9 Å². The van der Waals surface area contributed by atoms with E-state index in [4.69, 9.17) is 26.3 Å². The smallest absolute Gasteiger partial charge is 0.138 e. The largest absolute Gasteiger partial charge is 0.495 e. The van der Waals surface area contributed by atoms with Gasteiger partial charge in [-0.1, -0.05) is 39.7 Å². The second kappa shape index (κ2) is 7.35. The van der Waals surface area contributed by atoms with Crippen molar-refractivity contribution in [1.82, 2.24) is 0 Å². The predicted molar refractivity (Wildman–Crippen MR) is 86.1 cm³/mol. The van der Waals surface area contributed by atoms with E-state index >= 15 is 0 Å². The number of nitriles is 1. The second-order valence-electron chi connectivity index (χ2n) is 4.33. The Morgan fingerprint density at radius 2 is 1.86 bits per heavy atom. The molecule has 21 heavy (non-hydrogen) atoms. The summed E-state index contributed by atoms with van der Waals surface area (Å²) in [4.78, 5) is 0. The van der Waals surface area contributed by atoms with Gasteiger partial charge in [-0.25, -0.2) is 0 Å². The summed E-state index contributed by atoms with van der Waals surface area (Å²) in [5, 5.41) is 10.4. The number of nitrogens with zero attached hydrogens (tertiary/aromatic N) is 1. The second-order valence-corrected chi connectivity index (χ2v) is 5.30. The quantitative estimate of drug-likeness (QED) is 0.721. The lowest BCUT2D eigenvalue weighted by atomic mass is 10.1. The SMILES string of the molecule is COc1ccc(COc2ccc(CBr)cc2Cl)cc1C#N. The number of benzene rings is 2. The van der Waals surface area contributed by atoms with Crippen LogP contribution in [0.5, 0.6) is 11.5 Å². The van der Waals surface area contributed by atoms with Crippen LogP contribution in [0.2, 0.25) is 5.02 Å². The van der Waals surface area contributed by atoms with Crippen molar-refractivity contribution in [1.29, 1.82) is 5.26 Å². The lowest BCUT2D eigenvalue weighted by molar-refractivity contribution is 0.306. The van der Waals surface area contributed by atoms with Crippen LogP contribution in [0.25, 0.3) is 0 Å². The van der Waals surface area contributed by atoms with Gasteiger partial charge in [-0.2, -0.15) is 5.26 Å². The molecule has 0 bridgehead atoms. The molecule has 0 aliphatic heterocycles. The average Bonchev–Trinajstić information content (AvgIpc) is 2.53. The molecule has 0 heterocycles. The molecule has 0 spiro atoms. The van der Waals surface area contributed by atoms with Gasteiger partial charge in [-0.15, -0.1) is 0 Å². The van der Waals surface area contributed by atoms with Crippen LogP contribution in [-0.4, -0.2) is 7.11 Å². The zero-order valence-electron chi connectivity index (χ0n) is 11.4. The predicted octanol–water partition coefficient (Wildman–Crippen LogP) is 4.69. The zero-order chi connectivity index (χ0) is 15.2. The highest BCUT2D eigenvalue weighted by atomic mass is 79.9. The van der Waals surface area contributed by atoms with Crippen LogP contribution in [0.1, 0.15) is 16.7 Å². The topological polar surface area (TPSA) is 42.2 Å². The van der Waals surface area contributed by atoms with E-state index in [2.05, 4.69) is 22.0 Å². The molecule has 3 nitrogen and oxygen atoms in total. The van der Waals surface area contributed by atoms with Gasteiger partial charge in [-0.3, -0.25) is 0 Å². The Morgan fingerprint density at radius 3 is 2.48 bits per heavy atom. The van der Waals surface area contributed by atoms with Crippen LogP contribution in [0.4, 0.5) is 0 Å². The molecule has 0 saturated heterocycles. The monoisotopic (exact) mass is 365 g/mol. The highest BCUT2D eigenvalue weighted by Crippen LogP contribution is 2.27. The molecule has 108 valence electrons.